The van der Waals surface area contributed by atoms with Crippen LogP contribution in [0, 0.1) is 5.41 Å². The Labute approximate surface area is 84.1 Å². The first-order valence-corrected chi connectivity index (χ1v) is 5.57. The van der Waals surface area contributed by atoms with Crippen molar-refractivity contribution in [3.63, 3.8) is 0 Å². The molecule has 0 spiro atoms. The van der Waals surface area contributed by atoms with Crippen molar-refractivity contribution in [2.45, 2.75) is 50.5 Å². The number of hydrogen-bond donors (Lipinski definition) is 1. The molecular weight excluding hydrogens is 184 g/mol. The van der Waals surface area contributed by atoms with Gasteiger partial charge in [-0.3, -0.25) is 4.79 Å². The SMILES string of the molecule is CC(C)SC1(C(=O)O)CC(C)(C)C1. The highest BCUT2D eigenvalue weighted by Crippen LogP contribution is 2.56. The molecule has 0 aromatic rings. The fourth-order valence-corrected chi connectivity index (χ4v) is 4.18. The minimum Gasteiger partial charge on any atom is -0.480 e. The maximum absolute atomic E-state index is 11.1. The van der Waals surface area contributed by atoms with Crippen LogP contribution in [-0.2, 0) is 4.79 Å². The summed E-state index contributed by atoms with van der Waals surface area (Å²) in [7, 11) is 0. The predicted octanol–water partition coefficient (Wildman–Crippen LogP) is 2.77. The van der Waals surface area contributed by atoms with E-state index < -0.39 is 10.7 Å². The molecule has 0 amide bonds. The summed E-state index contributed by atoms with van der Waals surface area (Å²) in [5, 5.41) is 9.54. The second-order valence-electron chi connectivity index (χ2n) is 4.98. The average molecular weight is 202 g/mol. The highest BCUT2D eigenvalue weighted by atomic mass is 32.2. The molecule has 0 atom stereocenters. The van der Waals surface area contributed by atoms with Crippen LogP contribution in [0.25, 0.3) is 0 Å². The summed E-state index contributed by atoms with van der Waals surface area (Å²) in [5.41, 5.74) is 0.222. The van der Waals surface area contributed by atoms with E-state index in [0.717, 1.165) is 12.8 Å². The lowest BCUT2D eigenvalue weighted by Gasteiger charge is -2.50. The monoisotopic (exact) mass is 202 g/mol. The highest BCUT2D eigenvalue weighted by molar-refractivity contribution is 8.02. The van der Waals surface area contributed by atoms with Gasteiger partial charge in [0.1, 0.15) is 4.75 Å². The summed E-state index contributed by atoms with van der Waals surface area (Å²) < 4.78 is -0.488. The van der Waals surface area contributed by atoms with Gasteiger partial charge in [0.2, 0.25) is 0 Å². The Balaban J connectivity index is 2.66. The van der Waals surface area contributed by atoms with Crippen molar-refractivity contribution < 1.29 is 9.90 Å². The molecule has 0 aromatic carbocycles. The van der Waals surface area contributed by atoms with E-state index in [0.29, 0.717) is 5.25 Å². The molecule has 2 nitrogen and oxygen atoms in total. The summed E-state index contributed by atoms with van der Waals surface area (Å²) in [4.78, 5) is 11.1. The van der Waals surface area contributed by atoms with Gasteiger partial charge in [-0.1, -0.05) is 27.7 Å². The Morgan fingerprint density at radius 3 is 2.08 bits per heavy atom. The number of carboxylic acid groups (broad SMARTS) is 1. The van der Waals surface area contributed by atoms with E-state index in [-0.39, 0.29) is 5.41 Å². The highest BCUT2D eigenvalue weighted by Gasteiger charge is 2.55. The lowest BCUT2D eigenvalue weighted by molar-refractivity contribution is -0.145. The molecule has 0 saturated heterocycles. The number of rotatable bonds is 3. The first-order valence-electron chi connectivity index (χ1n) is 4.69. The number of thioether (sulfide) groups is 1. The third-order valence-electron chi connectivity index (χ3n) is 2.38. The minimum absolute atomic E-state index is 0.222. The van der Waals surface area contributed by atoms with Gasteiger partial charge in [0.05, 0.1) is 0 Å². The van der Waals surface area contributed by atoms with Crippen LogP contribution in [0.15, 0.2) is 0 Å². The van der Waals surface area contributed by atoms with Crippen LogP contribution in [0.1, 0.15) is 40.5 Å². The first kappa shape index (κ1) is 10.9. The topological polar surface area (TPSA) is 37.3 Å². The Morgan fingerprint density at radius 1 is 1.38 bits per heavy atom. The van der Waals surface area contributed by atoms with E-state index in [2.05, 4.69) is 27.7 Å². The summed E-state index contributed by atoms with van der Waals surface area (Å²) in [6, 6.07) is 0. The number of aliphatic carboxylic acids is 1. The normalized spacial score (nSPS) is 24.1. The molecule has 0 bridgehead atoms. The zero-order valence-corrected chi connectivity index (χ0v) is 9.57. The zero-order valence-electron chi connectivity index (χ0n) is 8.76. The van der Waals surface area contributed by atoms with Gasteiger partial charge in [0, 0.05) is 5.25 Å². The largest absolute Gasteiger partial charge is 0.480 e. The van der Waals surface area contributed by atoms with E-state index in [9.17, 15) is 4.79 Å². The summed E-state index contributed by atoms with van der Waals surface area (Å²) in [6.45, 7) is 8.38. The molecule has 1 rings (SSSR count). The summed E-state index contributed by atoms with van der Waals surface area (Å²) in [5.74, 6) is -0.634. The van der Waals surface area contributed by atoms with Crippen LogP contribution in [0.4, 0.5) is 0 Å². The Bertz CT molecular complexity index is 207. The summed E-state index contributed by atoms with van der Waals surface area (Å²) in [6.07, 6.45) is 1.61. The second kappa shape index (κ2) is 3.19. The standard InChI is InChI=1S/C10H18O2S/c1-7(2)13-10(8(11)12)5-9(3,4)6-10/h7H,5-6H2,1-4H3,(H,11,12). The van der Waals surface area contributed by atoms with Gasteiger partial charge in [0.25, 0.3) is 0 Å². The number of carboxylic acids is 1. The molecule has 13 heavy (non-hydrogen) atoms. The molecule has 1 N–H and O–H groups in total. The van der Waals surface area contributed by atoms with E-state index in [1.54, 1.807) is 11.8 Å². The van der Waals surface area contributed by atoms with Crippen molar-refractivity contribution in [3.8, 4) is 0 Å². The number of hydrogen-bond acceptors (Lipinski definition) is 2. The number of carbonyl (C=O) groups is 1. The van der Waals surface area contributed by atoms with E-state index in [1.807, 2.05) is 0 Å². The molecule has 0 radical (unpaired) electrons. The van der Waals surface area contributed by atoms with E-state index in [4.69, 9.17) is 5.11 Å². The fourth-order valence-electron chi connectivity index (χ4n) is 2.23. The quantitative estimate of drug-likeness (QED) is 0.764. The molecule has 1 aliphatic rings. The molecule has 76 valence electrons. The van der Waals surface area contributed by atoms with Gasteiger partial charge >= 0.3 is 5.97 Å². The third kappa shape index (κ3) is 2.19. The molecule has 0 aliphatic heterocycles. The lowest BCUT2D eigenvalue weighted by atomic mass is 9.64. The Morgan fingerprint density at radius 2 is 1.85 bits per heavy atom. The van der Waals surface area contributed by atoms with Crippen LogP contribution in [0.5, 0.6) is 0 Å². The van der Waals surface area contributed by atoms with Gasteiger partial charge in [0.15, 0.2) is 0 Å². The molecular formula is C10H18O2S. The maximum Gasteiger partial charge on any atom is 0.319 e. The average Bonchev–Trinajstić information content (AvgIpc) is 1.80. The van der Waals surface area contributed by atoms with Crippen LogP contribution >= 0.6 is 11.8 Å². The van der Waals surface area contributed by atoms with Crippen LogP contribution in [0.2, 0.25) is 0 Å². The van der Waals surface area contributed by atoms with Crippen molar-refractivity contribution in [2.24, 2.45) is 5.41 Å². The molecule has 1 saturated carbocycles. The Hall–Kier alpha value is -0.180. The van der Waals surface area contributed by atoms with Crippen LogP contribution in [-0.4, -0.2) is 21.1 Å². The molecule has 3 heteroatoms. The van der Waals surface area contributed by atoms with Gasteiger partial charge in [-0.15, -0.1) is 11.8 Å². The van der Waals surface area contributed by atoms with Crippen LogP contribution < -0.4 is 0 Å². The summed E-state index contributed by atoms with van der Waals surface area (Å²) >= 11 is 1.60. The smallest absolute Gasteiger partial charge is 0.319 e. The molecule has 0 aromatic heterocycles. The van der Waals surface area contributed by atoms with Crippen molar-refractivity contribution in [1.29, 1.82) is 0 Å². The fraction of sp³-hybridized carbons (Fsp3) is 0.900. The molecule has 0 unspecified atom stereocenters. The lowest BCUT2D eigenvalue weighted by Crippen LogP contribution is -2.52. The van der Waals surface area contributed by atoms with Crippen molar-refractivity contribution in [1.82, 2.24) is 0 Å². The first-order chi connectivity index (χ1) is 5.77. The van der Waals surface area contributed by atoms with Gasteiger partial charge < -0.3 is 5.11 Å². The zero-order chi connectivity index (χ0) is 10.3. The molecule has 0 heterocycles. The van der Waals surface area contributed by atoms with Crippen LogP contribution in [0.3, 0.4) is 0 Å². The van der Waals surface area contributed by atoms with Gasteiger partial charge in [-0.25, -0.2) is 0 Å². The van der Waals surface area contributed by atoms with Crippen molar-refractivity contribution in [2.75, 3.05) is 0 Å². The third-order valence-corrected chi connectivity index (χ3v) is 3.77. The van der Waals surface area contributed by atoms with Crippen molar-refractivity contribution >= 4 is 17.7 Å². The predicted molar refractivity (Wildman–Crippen MR) is 56.1 cm³/mol. The Kier molecular flexibility index (Phi) is 2.68. The second-order valence-corrected chi connectivity index (χ2v) is 6.94. The van der Waals surface area contributed by atoms with Crippen molar-refractivity contribution in [3.05, 3.63) is 0 Å². The minimum atomic E-state index is -0.634. The van der Waals surface area contributed by atoms with E-state index in [1.165, 1.54) is 0 Å². The molecule has 1 fully saturated rings. The van der Waals surface area contributed by atoms with Gasteiger partial charge in [-0.2, -0.15) is 0 Å². The molecule has 1 aliphatic carbocycles. The van der Waals surface area contributed by atoms with Gasteiger partial charge in [-0.05, 0) is 18.3 Å². The van der Waals surface area contributed by atoms with E-state index >= 15 is 0 Å². The maximum atomic E-state index is 11.1.